The Morgan fingerprint density at radius 1 is 1.03 bits per heavy atom. The van der Waals surface area contributed by atoms with E-state index >= 15 is 0 Å². The Hall–Kier alpha value is -3.68. The lowest BCUT2D eigenvalue weighted by Gasteiger charge is -2.46. The molecule has 1 aromatic heterocycles. The maximum Gasteiger partial charge on any atom is 0.332 e. The lowest BCUT2D eigenvalue weighted by Crippen LogP contribution is -2.62. The molecule has 0 N–H and O–H groups in total. The van der Waals surface area contributed by atoms with E-state index in [0.29, 0.717) is 17.4 Å². The fourth-order valence-electron chi connectivity index (χ4n) is 5.34. The summed E-state index contributed by atoms with van der Waals surface area (Å²) in [5.74, 6) is 1.23. The molecule has 2 fully saturated rings. The highest BCUT2D eigenvalue weighted by Gasteiger charge is 2.48. The van der Waals surface area contributed by atoms with Crippen LogP contribution in [-0.2, 0) is 11.3 Å². The van der Waals surface area contributed by atoms with Crippen molar-refractivity contribution in [3.63, 3.8) is 0 Å². The molecule has 1 aliphatic carbocycles. The van der Waals surface area contributed by atoms with Gasteiger partial charge in [0, 0.05) is 11.6 Å². The third-order valence-electron chi connectivity index (χ3n) is 6.83. The molecule has 2 unspecified atom stereocenters. The average molecular weight is 489 g/mol. The van der Waals surface area contributed by atoms with E-state index in [2.05, 4.69) is 10.1 Å². The van der Waals surface area contributed by atoms with Crippen LogP contribution in [0.2, 0.25) is 0 Å². The predicted octanol–water partition coefficient (Wildman–Crippen LogP) is 5.67. The highest BCUT2D eigenvalue weighted by molar-refractivity contribution is 6.17. The van der Waals surface area contributed by atoms with Crippen LogP contribution >= 0.6 is 0 Å². The summed E-state index contributed by atoms with van der Waals surface area (Å²) < 4.78 is 11.3. The molecule has 8 heteroatoms. The molecule has 3 amide bonds. The molecule has 1 aliphatic heterocycles. The number of aromatic nitrogens is 2. The maximum atomic E-state index is 13.7. The number of ether oxygens (including phenoxy) is 1. The predicted molar refractivity (Wildman–Crippen MR) is 136 cm³/mol. The summed E-state index contributed by atoms with van der Waals surface area (Å²) in [5, 5.41) is 4.14. The molecular weight excluding hydrogens is 456 g/mol. The van der Waals surface area contributed by atoms with E-state index < -0.39 is 0 Å². The van der Waals surface area contributed by atoms with E-state index in [1.165, 1.54) is 4.90 Å². The quantitative estimate of drug-likeness (QED) is 0.444. The highest BCUT2D eigenvalue weighted by atomic mass is 16.5. The zero-order valence-corrected chi connectivity index (χ0v) is 21.2. The molecule has 188 valence electrons. The number of carbonyl (C=O) groups is 2. The van der Waals surface area contributed by atoms with Gasteiger partial charge in [-0.25, -0.2) is 9.69 Å². The van der Waals surface area contributed by atoms with Gasteiger partial charge in [-0.05, 0) is 88.1 Å². The number of imide groups is 1. The monoisotopic (exact) mass is 488 g/mol. The normalized spacial score (nSPS) is 20.1. The van der Waals surface area contributed by atoms with Crippen molar-refractivity contribution in [2.75, 3.05) is 4.90 Å². The molecule has 2 aromatic carbocycles. The van der Waals surface area contributed by atoms with E-state index in [9.17, 15) is 9.59 Å². The highest BCUT2D eigenvalue weighted by Crippen LogP contribution is 2.37. The number of carbonyl (C=O) groups excluding carboxylic acids is 2. The maximum absolute atomic E-state index is 13.7. The van der Waals surface area contributed by atoms with Crippen molar-refractivity contribution in [1.82, 2.24) is 15.0 Å². The van der Waals surface area contributed by atoms with Crippen LogP contribution in [0.25, 0.3) is 11.4 Å². The van der Waals surface area contributed by atoms with Crippen molar-refractivity contribution in [2.24, 2.45) is 5.92 Å². The molecule has 3 aromatic rings. The molecule has 0 spiro atoms. The number of fused-ring (bicyclic) bond motifs is 1. The van der Waals surface area contributed by atoms with Crippen LogP contribution in [0.1, 0.15) is 56.5 Å². The second-order valence-corrected chi connectivity index (χ2v) is 10.1. The molecular formula is C28H32N4O4. The topological polar surface area (TPSA) is 88.8 Å². The van der Waals surface area contributed by atoms with Crippen LogP contribution in [0, 0.1) is 19.8 Å². The van der Waals surface area contributed by atoms with E-state index in [4.69, 9.17) is 9.26 Å². The zero-order valence-electron chi connectivity index (χ0n) is 21.2. The third-order valence-corrected chi connectivity index (χ3v) is 6.83. The number of hydrogen-bond donors (Lipinski definition) is 0. The standard InChI is InChI=1S/C28H32N4O4/c1-17(2)35-22-11-9-20(10-12-22)26-29-25(36-30-26)16-31-24-8-6-5-7-23(24)27(33)32(28(31)34)21-14-18(3)13-19(4)15-21/h9-15,17,23-24H,5-8,16H2,1-4H3. The van der Waals surface area contributed by atoms with Gasteiger partial charge in [0.15, 0.2) is 0 Å². The first kappa shape index (κ1) is 24.0. The van der Waals surface area contributed by atoms with E-state index in [1.807, 2.05) is 70.2 Å². The van der Waals surface area contributed by atoms with E-state index in [-0.39, 0.29) is 36.5 Å². The van der Waals surface area contributed by atoms with Crippen LogP contribution in [0.4, 0.5) is 10.5 Å². The van der Waals surface area contributed by atoms with Crippen molar-refractivity contribution in [2.45, 2.75) is 72.1 Å². The Balaban J connectivity index is 1.41. The Morgan fingerprint density at radius 2 is 1.72 bits per heavy atom. The summed E-state index contributed by atoms with van der Waals surface area (Å²) in [6.07, 6.45) is 3.63. The van der Waals surface area contributed by atoms with Crippen molar-refractivity contribution < 1.29 is 18.8 Å². The van der Waals surface area contributed by atoms with Crippen LogP contribution in [0.3, 0.4) is 0 Å². The number of nitrogens with zero attached hydrogens (tertiary/aromatic N) is 4. The van der Waals surface area contributed by atoms with Gasteiger partial charge in [0.25, 0.3) is 0 Å². The first-order chi connectivity index (χ1) is 17.3. The van der Waals surface area contributed by atoms with Gasteiger partial charge in [-0.15, -0.1) is 0 Å². The molecule has 36 heavy (non-hydrogen) atoms. The zero-order chi connectivity index (χ0) is 25.4. The Morgan fingerprint density at radius 3 is 2.42 bits per heavy atom. The van der Waals surface area contributed by atoms with Crippen LogP contribution < -0.4 is 9.64 Å². The number of benzene rings is 2. The number of urea groups is 1. The summed E-state index contributed by atoms with van der Waals surface area (Å²) in [5.41, 5.74) is 3.43. The van der Waals surface area contributed by atoms with Crippen LogP contribution in [0.5, 0.6) is 5.75 Å². The second kappa shape index (κ2) is 9.76. The average Bonchev–Trinajstić information content (AvgIpc) is 3.30. The van der Waals surface area contributed by atoms with Crippen LogP contribution in [-0.4, -0.2) is 39.1 Å². The van der Waals surface area contributed by atoms with Gasteiger partial charge in [-0.3, -0.25) is 4.79 Å². The summed E-state index contributed by atoms with van der Waals surface area (Å²) in [4.78, 5) is 34.9. The van der Waals surface area contributed by atoms with Gasteiger partial charge in [-0.2, -0.15) is 4.98 Å². The fraction of sp³-hybridized carbons (Fsp3) is 0.429. The fourth-order valence-corrected chi connectivity index (χ4v) is 5.34. The largest absolute Gasteiger partial charge is 0.491 e. The first-order valence-corrected chi connectivity index (χ1v) is 12.6. The van der Waals surface area contributed by atoms with Gasteiger partial charge in [0.1, 0.15) is 12.3 Å². The number of anilines is 1. The smallest absolute Gasteiger partial charge is 0.332 e. The number of rotatable bonds is 6. The van der Waals surface area contributed by atoms with Crippen molar-refractivity contribution in [3.8, 4) is 17.1 Å². The van der Waals surface area contributed by atoms with Gasteiger partial charge in [0.2, 0.25) is 17.6 Å². The van der Waals surface area contributed by atoms with Gasteiger partial charge >= 0.3 is 6.03 Å². The molecule has 5 rings (SSSR count). The summed E-state index contributed by atoms with van der Waals surface area (Å²) >= 11 is 0. The molecule has 2 aliphatic rings. The Kier molecular flexibility index (Phi) is 6.51. The van der Waals surface area contributed by atoms with E-state index in [0.717, 1.165) is 48.1 Å². The third kappa shape index (κ3) is 4.72. The van der Waals surface area contributed by atoms with Gasteiger partial charge < -0.3 is 14.2 Å². The summed E-state index contributed by atoms with van der Waals surface area (Å²) in [6.45, 7) is 8.06. The SMILES string of the molecule is Cc1cc(C)cc(N2C(=O)C3CCCCC3N(Cc3nc(-c4ccc(OC(C)C)cc4)no3)C2=O)c1. The number of aryl methyl sites for hydroxylation is 2. The number of amides is 3. The number of hydrogen-bond acceptors (Lipinski definition) is 6. The van der Waals surface area contributed by atoms with Crippen molar-refractivity contribution in [3.05, 3.63) is 59.5 Å². The Bertz CT molecular complexity index is 1250. The van der Waals surface area contributed by atoms with E-state index in [1.54, 1.807) is 4.90 Å². The summed E-state index contributed by atoms with van der Waals surface area (Å²) in [7, 11) is 0. The molecule has 0 radical (unpaired) electrons. The molecule has 2 heterocycles. The molecule has 1 saturated carbocycles. The van der Waals surface area contributed by atoms with Gasteiger partial charge in [0.05, 0.1) is 17.7 Å². The van der Waals surface area contributed by atoms with Crippen LogP contribution in [0.15, 0.2) is 47.0 Å². The molecule has 2 atom stereocenters. The molecule has 0 bridgehead atoms. The minimum absolute atomic E-state index is 0.0912. The molecule has 1 saturated heterocycles. The molecule has 8 nitrogen and oxygen atoms in total. The lowest BCUT2D eigenvalue weighted by molar-refractivity contribution is -0.127. The minimum atomic E-state index is -0.330. The minimum Gasteiger partial charge on any atom is -0.491 e. The first-order valence-electron chi connectivity index (χ1n) is 12.6. The summed E-state index contributed by atoms with van der Waals surface area (Å²) in [6, 6.07) is 12.8. The van der Waals surface area contributed by atoms with Crippen molar-refractivity contribution in [1.29, 1.82) is 0 Å². The second-order valence-electron chi connectivity index (χ2n) is 10.1. The lowest BCUT2D eigenvalue weighted by atomic mass is 9.81. The van der Waals surface area contributed by atoms with Gasteiger partial charge in [-0.1, -0.05) is 24.1 Å². The van der Waals surface area contributed by atoms with Crippen molar-refractivity contribution >= 4 is 17.6 Å². The Labute approximate surface area is 211 Å².